The summed E-state index contributed by atoms with van der Waals surface area (Å²) in [5, 5.41) is 9.50. The Hall–Kier alpha value is -1.85. The van der Waals surface area contributed by atoms with Crippen LogP contribution >= 0.6 is 7.60 Å². The molecule has 0 aliphatic carbocycles. The second-order valence-corrected chi connectivity index (χ2v) is 5.50. The molecule has 0 bridgehead atoms. The van der Waals surface area contributed by atoms with Gasteiger partial charge in [-0.25, -0.2) is 10.4 Å². The van der Waals surface area contributed by atoms with Crippen molar-refractivity contribution >= 4 is 12.9 Å². The molecule has 1 unspecified atom stereocenters. The first-order valence-corrected chi connectivity index (χ1v) is 6.97. The van der Waals surface area contributed by atoms with E-state index in [-0.39, 0.29) is 11.1 Å². The summed E-state index contributed by atoms with van der Waals surface area (Å²) in [6.07, 6.45) is 0. The lowest BCUT2D eigenvalue weighted by atomic mass is 10.3. The van der Waals surface area contributed by atoms with Crippen molar-refractivity contribution in [1.82, 2.24) is 5.59 Å². The molecule has 0 amide bonds. The molecule has 1 atom stereocenters. The lowest BCUT2D eigenvalue weighted by Crippen LogP contribution is -2.25. The molecule has 2 aromatic rings. The Labute approximate surface area is 110 Å². The number of phenols is 1. The Morgan fingerprint density at radius 2 is 1.68 bits per heavy atom. The van der Waals surface area contributed by atoms with Gasteiger partial charge in [0.25, 0.3) is 0 Å². The maximum atomic E-state index is 12.6. The molecule has 0 heterocycles. The summed E-state index contributed by atoms with van der Waals surface area (Å²) in [6.45, 7) is 0. The lowest BCUT2D eigenvalue weighted by molar-refractivity contribution is 0.178. The fraction of sp³-hybridized carbons (Fsp3) is 0. The molecule has 2 rings (SSSR count). The molecule has 0 radical (unpaired) electrons. The first-order valence-electron chi connectivity index (χ1n) is 5.42. The maximum absolute atomic E-state index is 12.6. The van der Waals surface area contributed by atoms with Crippen molar-refractivity contribution in [3.63, 3.8) is 0 Å². The third kappa shape index (κ3) is 3.33. The monoisotopic (exact) mass is 280 g/mol. The highest BCUT2D eigenvalue weighted by Gasteiger charge is 2.29. The van der Waals surface area contributed by atoms with Crippen molar-refractivity contribution < 1.29 is 18.8 Å². The summed E-state index contributed by atoms with van der Waals surface area (Å²) in [7, 11) is -3.66. The van der Waals surface area contributed by atoms with E-state index in [0.717, 1.165) is 0 Å². The van der Waals surface area contributed by atoms with Gasteiger partial charge in [0.05, 0.1) is 5.30 Å². The predicted molar refractivity (Wildman–Crippen MR) is 70.8 cm³/mol. The Kier molecular flexibility index (Phi) is 4.19. The number of hydrazine groups is 1. The fourth-order valence-corrected chi connectivity index (χ4v) is 2.75. The van der Waals surface area contributed by atoms with E-state index < -0.39 is 7.60 Å². The number of nitrogens with two attached hydrogens (primary N) is 1. The van der Waals surface area contributed by atoms with Crippen LogP contribution in [-0.4, -0.2) is 5.11 Å². The minimum absolute atomic E-state index is 0.0516. The largest absolute Gasteiger partial charge is 0.508 e. The van der Waals surface area contributed by atoms with Gasteiger partial charge in [-0.15, -0.1) is 5.59 Å². The van der Waals surface area contributed by atoms with E-state index in [4.69, 9.17) is 15.0 Å². The first kappa shape index (κ1) is 13.6. The number of hydrogen-bond acceptors (Lipinski definition) is 6. The van der Waals surface area contributed by atoms with Gasteiger partial charge in [0.1, 0.15) is 11.5 Å². The second-order valence-electron chi connectivity index (χ2n) is 3.63. The SMILES string of the molecule is NNOP(=O)(Oc1ccccc1)c1ccc(O)cc1. The number of nitrogens with one attached hydrogen (secondary N) is 1. The minimum Gasteiger partial charge on any atom is -0.508 e. The quantitative estimate of drug-likeness (QED) is 0.438. The number of aromatic hydroxyl groups is 1. The summed E-state index contributed by atoms with van der Waals surface area (Å²) in [6, 6.07) is 14.2. The molecular formula is C12H13N2O4P. The standard InChI is InChI=1S/C12H13N2O4P/c13-14-18-19(16,12-8-6-10(15)7-9-12)17-11-4-2-1-3-5-11/h1-9,14-15H,13H2. The van der Waals surface area contributed by atoms with Crippen molar-refractivity contribution in [3.05, 3.63) is 54.6 Å². The van der Waals surface area contributed by atoms with Crippen LogP contribution in [-0.2, 0) is 9.19 Å². The molecule has 0 aliphatic rings. The summed E-state index contributed by atoms with van der Waals surface area (Å²) in [4.78, 5) is 0. The third-order valence-electron chi connectivity index (χ3n) is 2.31. The van der Waals surface area contributed by atoms with Crippen molar-refractivity contribution in [3.8, 4) is 11.5 Å². The third-order valence-corrected chi connectivity index (χ3v) is 4.04. The molecule has 100 valence electrons. The Morgan fingerprint density at radius 3 is 2.26 bits per heavy atom. The molecule has 0 aliphatic heterocycles. The molecule has 0 saturated carbocycles. The average Bonchev–Trinajstić information content (AvgIpc) is 2.40. The number of phenolic OH excluding ortho intramolecular Hbond substituents is 1. The van der Waals surface area contributed by atoms with Crippen molar-refractivity contribution in [2.24, 2.45) is 5.84 Å². The molecule has 0 aromatic heterocycles. The molecule has 2 aromatic carbocycles. The van der Waals surface area contributed by atoms with Gasteiger partial charge < -0.3 is 9.63 Å². The first-order chi connectivity index (χ1) is 9.14. The van der Waals surface area contributed by atoms with E-state index in [0.29, 0.717) is 5.75 Å². The zero-order valence-electron chi connectivity index (χ0n) is 9.89. The fourth-order valence-electron chi connectivity index (χ4n) is 1.45. The van der Waals surface area contributed by atoms with Crippen LogP contribution in [0.1, 0.15) is 0 Å². The van der Waals surface area contributed by atoms with Crippen LogP contribution < -0.4 is 21.3 Å². The zero-order chi connectivity index (χ0) is 13.7. The molecule has 19 heavy (non-hydrogen) atoms. The Morgan fingerprint density at radius 1 is 1.05 bits per heavy atom. The number of hydrogen-bond donors (Lipinski definition) is 3. The topological polar surface area (TPSA) is 93.8 Å². The van der Waals surface area contributed by atoms with Crippen LogP contribution in [0.25, 0.3) is 0 Å². The van der Waals surface area contributed by atoms with E-state index in [9.17, 15) is 9.67 Å². The van der Waals surface area contributed by atoms with Crippen LogP contribution in [0.3, 0.4) is 0 Å². The normalized spacial score (nSPS) is 13.7. The van der Waals surface area contributed by atoms with Gasteiger partial charge in [-0.1, -0.05) is 18.2 Å². The molecule has 0 spiro atoms. The highest BCUT2D eigenvalue weighted by Crippen LogP contribution is 2.46. The summed E-state index contributed by atoms with van der Waals surface area (Å²) in [5.41, 5.74) is 1.89. The lowest BCUT2D eigenvalue weighted by Gasteiger charge is -2.18. The van der Waals surface area contributed by atoms with Crippen molar-refractivity contribution in [1.29, 1.82) is 0 Å². The van der Waals surface area contributed by atoms with E-state index in [1.165, 1.54) is 24.3 Å². The van der Waals surface area contributed by atoms with Crippen LogP contribution in [0.2, 0.25) is 0 Å². The molecular weight excluding hydrogens is 267 g/mol. The molecule has 4 N–H and O–H groups in total. The van der Waals surface area contributed by atoms with Gasteiger partial charge in [-0.05, 0) is 36.4 Å². The van der Waals surface area contributed by atoms with Crippen LogP contribution in [0.15, 0.2) is 54.6 Å². The number of benzene rings is 2. The summed E-state index contributed by atoms with van der Waals surface area (Å²) < 4.78 is 22.8. The van der Waals surface area contributed by atoms with E-state index in [1.54, 1.807) is 30.3 Å². The van der Waals surface area contributed by atoms with Gasteiger partial charge in [0.2, 0.25) is 0 Å². The minimum atomic E-state index is -3.66. The van der Waals surface area contributed by atoms with Crippen LogP contribution in [0.5, 0.6) is 11.5 Å². The van der Waals surface area contributed by atoms with Gasteiger partial charge in [0.15, 0.2) is 0 Å². The Bertz CT molecular complexity index is 574. The van der Waals surface area contributed by atoms with Gasteiger partial charge in [0, 0.05) is 0 Å². The maximum Gasteiger partial charge on any atom is 0.428 e. The number of rotatable bonds is 5. The summed E-state index contributed by atoms with van der Waals surface area (Å²) >= 11 is 0. The van der Waals surface area contributed by atoms with Crippen molar-refractivity contribution in [2.75, 3.05) is 0 Å². The van der Waals surface area contributed by atoms with E-state index in [2.05, 4.69) is 0 Å². The summed E-state index contributed by atoms with van der Waals surface area (Å²) in [5.74, 6) is 5.50. The number of para-hydroxylation sites is 1. The second kappa shape index (κ2) is 5.86. The van der Waals surface area contributed by atoms with E-state index >= 15 is 0 Å². The average molecular weight is 280 g/mol. The highest BCUT2D eigenvalue weighted by atomic mass is 31.2. The van der Waals surface area contributed by atoms with Gasteiger partial charge >= 0.3 is 7.60 Å². The van der Waals surface area contributed by atoms with Crippen LogP contribution in [0.4, 0.5) is 0 Å². The zero-order valence-corrected chi connectivity index (χ0v) is 10.8. The Balaban J connectivity index is 2.32. The van der Waals surface area contributed by atoms with Crippen molar-refractivity contribution in [2.45, 2.75) is 0 Å². The van der Waals surface area contributed by atoms with Crippen LogP contribution in [0, 0.1) is 0 Å². The molecule has 7 heteroatoms. The highest BCUT2D eigenvalue weighted by molar-refractivity contribution is 7.62. The molecule has 0 fully saturated rings. The smallest absolute Gasteiger partial charge is 0.428 e. The molecule has 6 nitrogen and oxygen atoms in total. The molecule has 0 saturated heterocycles. The van der Waals surface area contributed by atoms with Gasteiger partial charge in [-0.3, -0.25) is 0 Å². The predicted octanol–water partition coefficient (Wildman–Crippen LogP) is 1.68. The van der Waals surface area contributed by atoms with E-state index in [1.807, 2.05) is 5.59 Å². The van der Waals surface area contributed by atoms with Gasteiger partial charge in [-0.2, -0.15) is 4.62 Å².